The number of ether oxygens (including phenoxy) is 1. The highest BCUT2D eigenvalue weighted by atomic mass is 16.5. The molecule has 0 aromatic heterocycles. The molecule has 0 heterocycles. The van der Waals surface area contributed by atoms with Gasteiger partial charge in [0.2, 0.25) is 0 Å². The summed E-state index contributed by atoms with van der Waals surface area (Å²) in [5.74, 6) is 0. The zero-order chi connectivity index (χ0) is 12.9. The standard InChI is InChI=1S/C15H31NO/c1-6-9-10-12(4)16-13-11-14(17-8-3)15(13,5)7-2/h12-14,16H,6-11H2,1-5H3. The molecule has 102 valence electrons. The summed E-state index contributed by atoms with van der Waals surface area (Å²) in [6.45, 7) is 12.2. The lowest BCUT2D eigenvalue weighted by Gasteiger charge is -2.54. The minimum absolute atomic E-state index is 0.344. The van der Waals surface area contributed by atoms with Crippen molar-refractivity contribution in [3.05, 3.63) is 0 Å². The van der Waals surface area contributed by atoms with E-state index >= 15 is 0 Å². The van der Waals surface area contributed by atoms with E-state index in [9.17, 15) is 0 Å². The highest BCUT2D eigenvalue weighted by Crippen LogP contribution is 2.46. The number of hydrogen-bond donors (Lipinski definition) is 1. The molecule has 1 N–H and O–H groups in total. The molecule has 1 fully saturated rings. The van der Waals surface area contributed by atoms with Gasteiger partial charge in [0, 0.05) is 24.1 Å². The van der Waals surface area contributed by atoms with Gasteiger partial charge >= 0.3 is 0 Å². The summed E-state index contributed by atoms with van der Waals surface area (Å²) >= 11 is 0. The monoisotopic (exact) mass is 241 g/mol. The van der Waals surface area contributed by atoms with E-state index in [1.54, 1.807) is 0 Å². The lowest BCUT2D eigenvalue weighted by Crippen LogP contribution is -2.63. The Hall–Kier alpha value is -0.0800. The largest absolute Gasteiger partial charge is 0.378 e. The molecule has 2 nitrogen and oxygen atoms in total. The summed E-state index contributed by atoms with van der Waals surface area (Å²) in [5, 5.41) is 3.80. The van der Waals surface area contributed by atoms with Crippen LogP contribution in [0.2, 0.25) is 0 Å². The van der Waals surface area contributed by atoms with Gasteiger partial charge in [-0.1, -0.05) is 33.6 Å². The fourth-order valence-electron chi connectivity index (χ4n) is 2.95. The van der Waals surface area contributed by atoms with Crippen molar-refractivity contribution in [3.63, 3.8) is 0 Å². The molecule has 17 heavy (non-hydrogen) atoms. The van der Waals surface area contributed by atoms with Gasteiger partial charge in [-0.15, -0.1) is 0 Å². The van der Waals surface area contributed by atoms with E-state index in [0.29, 0.717) is 23.6 Å². The molecule has 0 amide bonds. The van der Waals surface area contributed by atoms with Crippen molar-refractivity contribution in [1.82, 2.24) is 5.32 Å². The number of nitrogens with one attached hydrogen (secondary N) is 1. The van der Waals surface area contributed by atoms with Gasteiger partial charge in [0.15, 0.2) is 0 Å². The first-order valence-corrected chi connectivity index (χ1v) is 7.46. The topological polar surface area (TPSA) is 21.3 Å². The summed E-state index contributed by atoms with van der Waals surface area (Å²) in [6, 6.07) is 1.30. The fourth-order valence-corrected chi connectivity index (χ4v) is 2.95. The van der Waals surface area contributed by atoms with Crippen LogP contribution in [0.25, 0.3) is 0 Å². The lowest BCUT2D eigenvalue weighted by molar-refractivity contribution is -0.127. The van der Waals surface area contributed by atoms with Crippen LogP contribution in [0.5, 0.6) is 0 Å². The van der Waals surface area contributed by atoms with Crippen molar-refractivity contribution in [2.45, 2.75) is 84.9 Å². The predicted molar refractivity (Wildman–Crippen MR) is 74.3 cm³/mol. The van der Waals surface area contributed by atoms with Crippen molar-refractivity contribution in [2.24, 2.45) is 5.41 Å². The second kappa shape index (κ2) is 6.75. The van der Waals surface area contributed by atoms with Gasteiger partial charge in [-0.2, -0.15) is 0 Å². The predicted octanol–water partition coefficient (Wildman–Crippen LogP) is 3.75. The minimum Gasteiger partial charge on any atom is -0.378 e. The molecule has 1 rings (SSSR count). The molecule has 0 radical (unpaired) electrons. The van der Waals surface area contributed by atoms with Crippen LogP contribution in [0.4, 0.5) is 0 Å². The molecule has 0 spiro atoms. The van der Waals surface area contributed by atoms with Crippen molar-refractivity contribution < 1.29 is 4.74 Å². The maximum atomic E-state index is 5.84. The molecular formula is C15H31NO. The smallest absolute Gasteiger partial charge is 0.0658 e. The van der Waals surface area contributed by atoms with E-state index in [4.69, 9.17) is 4.74 Å². The molecule has 2 heteroatoms. The molecule has 1 saturated carbocycles. The van der Waals surface area contributed by atoms with Crippen LogP contribution in [0.1, 0.15) is 66.7 Å². The lowest BCUT2D eigenvalue weighted by atomic mass is 9.61. The zero-order valence-electron chi connectivity index (χ0n) is 12.4. The SMILES string of the molecule is CCCCC(C)NC1CC(OCC)C1(C)CC. The quantitative estimate of drug-likeness (QED) is 0.699. The summed E-state index contributed by atoms with van der Waals surface area (Å²) in [5.41, 5.74) is 0.344. The van der Waals surface area contributed by atoms with Crippen LogP contribution in [0, 0.1) is 5.41 Å². The molecule has 0 aromatic carbocycles. The van der Waals surface area contributed by atoms with Crippen molar-refractivity contribution >= 4 is 0 Å². The van der Waals surface area contributed by atoms with Gasteiger partial charge in [0.05, 0.1) is 6.10 Å². The van der Waals surface area contributed by atoms with Crippen molar-refractivity contribution in [2.75, 3.05) is 6.61 Å². The average molecular weight is 241 g/mol. The average Bonchev–Trinajstić information content (AvgIpc) is 2.34. The number of unbranched alkanes of at least 4 members (excludes halogenated alkanes) is 1. The molecule has 0 bridgehead atoms. The highest BCUT2D eigenvalue weighted by molar-refractivity contribution is 5.05. The molecule has 4 atom stereocenters. The molecule has 1 aliphatic rings. The number of hydrogen-bond acceptors (Lipinski definition) is 2. The van der Waals surface area contributed by atoms with Crippen molar-refractivity contribution in [1.29, 1.82) is 0 Å². The van der Waals surface area contributed by atoms with Crippen LogP contribution in [0.15, 0.2) is 0 Å². The van der Waals surface area contributed by atoms with Crippen molar-refractivity contribution in [3.8, 4) is 0 Å². The second-order valence-corrected chi connectivity index (χ2v) is 5.80. The molecule has 4 unspecified atom stereocenters. The van der Waals surface area contributed by atoms with E-state index < -0.39 is 0 Å². The van der Waals surface area contributed by atoms with E-state index in [2.05, 4.69) is 39.9 Å². The van der Waals surface area contributed by atoms with Crippen LogP contribution in [-0.4, -0.2) is 24.8 Å². The first-order valence-electron chi connectivity index (χ1n) is 7.46. The van der Waals surface area contributed by atoms with E-state index in [-0.39, 0.29) is 0 Å². The van der Waals surface area contributed by atoms with Gasteiger partial charge in [-0.05, 0) is 33.1 Å². The maximum absolute atomic E-state index is 5.84. The van der Waals surface area contributed by atoms with Crippen LogP contribution in [0.3, 0.4) is 0 Å². The highest BCUT2D eigenvalue weighted by Gasteiger charge is 2.51. The third-order valence-electron chi connectivity index (χ3n) is 4.59. The number of rotatable bonds is 8. The summed E-state index contributed by atoms with van der Waals surface area (Å²) < 4.78 is 5.84. The Kier molecular flexibility index (Phi) is 5.94. The third kappa shape index (κ3) is 3.45. The maximum Gasteiger partial charge on any atom is 0.0658 e. The molecule has 0 saturated heterocycles. The van der Waals surface area contributed by atoms with E-state index in [1.165, 1.54) is 32.1 Å². The second-order valence-electron chi connectivity index (χ2n) is 5.80. The molecule has 1 aliphatic carbocycles. The van der Waals surface area contributed by atoms with E-state index in [1.807, 2.05) is 0 Å². The normalized spacial score (nSPS) is 34.4. The first kappa shape index (κ1) is 15.0. The Morgan fingerprint density at radius 2 is 2.06 bits per heavy atom. The first-order chi connectivity index (χ1) is 8.08. The molecular weight excluding hydrogens is 210 g/mol. The molecule has 0 aliphatic heterocycles. The fraction of sp³-hybridized carbons (Fsp3) is 1.00. The minimum atomic E-state index is 0.344. The molecule has 0 aromatic rings. The Morgan fingerprint density at radius 3 is 2.59 bits per heavy atom. The van der Waals surface area contributed by atoms with Crippen LogP contribution >= 0.6 is 0 Å². The third-order valence-corrected chi connectivity index (χ3v) is 4.59. The Morgan fingerprint density at radius 1 is 1.35 bits per heavy atom. The Bertz CT molecular complexity index is 219. The Labute approximate surface area is 108 Å². The van der Waals surface area contributed by atoms with Gasteiger partial charge in [-0.3, -0.25) is 0 Å². The summed E-state index contributed by atoms with van der Waals surface area (Å²) in [4.78, 5) is 0. The van der Waals surface area contributed by atoms with E-state index in [0.717, 1.165) is 6.61 Å². The van der Waals surface area contributed by atoms with Crippen LogP contribution in [-0.2, 0) is 4.74 Å². The van der Waals surface area contributed by atoms with Gasteiger partial charge in [0.25, 0.3) is 0 Å². The summed E-state index contributed by atoms with van der Waals surface area (Å²) in [7, 11) is 0. The Balaban J connectivity index is 2.40. The van der Waals surface area contributed by atoms with Gasteiger partial charge in [0.1, 0.15) is 0 Å². The van der Waals surface area contributed by atoms with Gasteiger partial charge < -0.3 is 10.1 Å². The summed E-state index contributed by atoms with van der Waals surface area (Å²) in [6.07, 6.45) is 6.78. The zero-order valence-corrected chi connectivity index (χ0v) is 12.4. The van der Waals surface area contributed by atoms with Crippen LogP contribution < -0.4 is 5.32 Å². The van der Waals surface area contributed by atoms with Gasteiger partial charge in [-0.25, -0.2) is 0 Å².